The molecule has 3 rings (SSSR count). The minimum atomic E-state index is 0.324. The number of halogens is 1. The van der Waals surface area contributed by atoms with Gasteiger partial charge in [-0.25, -0.2) is 4.98 Å². The van der Waals surface area contributed by atoms with Gasteiger partial charge >= 0.3 is 0 Å². The van der Waals surface area contributed by atoms with Crippen LogP contribution in [0.5, 0.6) is 5.88 Å². The van der Waals surface area contributed by atoms with E-state index in [1.807, 2.05) is 29.7 Å². The summed E-state index contributed by atoms with van der Waals surface area (Å²) in [5, 5.41) is 0. The van der Waals surface area contributed by atoms with Gasteiger partial charge in [0, 0.05) is 12.3 Å². The Labute approximate surface area is 127 Å². The van der Waals surface area contributed by atoms with Crippen molar-refractivity contribution in [1.29, 1.82) is 0 Å². The van der Waals surface area contributed by atoms with Crippen LogP contribution in [0.3, 0.4) is 0 Å². The van der Waals surface area contributed by atoms with E-state index in [-0.39, 0.29) is 0 Å². The van der Waals surface area contributed by atoms with E-state index in [4.69, 9.17) is 16.3 Å². The number of hydrogen-bond donors (Lipinski definition) is 0. The zero-order valence-corrected chi connectivity index (χ0v) is 12.6. The second-order valence-electron chi connectivity index (χ2n) is 4.71. The van der Waals surface area contributed by atoms with Crippen molar-refractivity contribution >= 4 is 22.8 Å². The molecule has 108 valence electrons. The van der Waals surface area contributed by atoms with Crippen molar-refractivity contribution in [3.05, 3.63) is 47.5 Å². The van der Waals surface area contributed by atoms with E-state index in [0.29, 0.717) is 18.3 Å². The maximum Gasteiger partial charge on any atom is 0.215 e. The molecule has 21 heavy (non-hydrogen) atoms. The average Bonchev–Trinajstić information content (AvgIpc) is 2.86. The highest BCUT2D eigenvalue weighted by atomic mass is 35.5. The molecule has 0 aliphatic rings. The van der Waals surface area contributed by atoms with Crippen LogP contribution in [-0.4, -0.2) is 26.6 Å². The SMILES string of the molecule is COc1ccc2nc(CCl)n(Cc3ncccc3C)c2n1. The van der Waals surface area contributed by atoms with Crippen LogP contribution in [0.4, 0.5) is 0 Å². The fraction of sp³-hybridized carbons (Fsp3) is 0.267. The van der Waals surface area contributed by atoms with Crippen molar-refractivity contribution in [1.82, 2.24) is 19.5 Å². The monoisotopic (exact) mass is 302 g/mol. The Morgan fingerprint density at radius 3 is 2.81 bits per heavy atom. The second kappa shape index (κ2) is 5.69. The van der Waals surface area contributed by atoms with Crippen molar-refractivity contribution in [3.63, 3.8) is 0 Å². The number of imidazole rings is 1. The number of alkyl halides is 1. The number of fused-ring (bicyclic) bond motifs is 1. The molecule has 0 N–H and O–H groups in total. The number of ether oxygens (including phenoxy) is 1. The first-order valence-corrected chi connectivity index (χ1v) is 7.13. The van der Waals surface area contributed by atoms with E-state index >= 15 is 0 Å². The van der Waals surface area contributed by atoms with Gasteiger partial charge in [-0.15, -0.1) is 11.6 Å². The van der Waals surface area contributed by atoms with Crippen LogP contribution in [0.15, 0.2) is 30.5 Å². The van der Waals surface area contributed by atoms with Gasteiger partial charge in [0.15, 0.2) is 5.65 Å². The second-order valence-corrected chi connectivity index (χ2v) is 4.98. The van der Waals surface area contributed by atoms with E-state index in [0.717, 1.165) is 28.2 Å². The maximum atomic E-state index is 6.02. The predicted molar refractivity (Wildman–Crippen MR) is 81.7 cm³/mol. The predicted octanol–water partition coefficient (Wildman–Crippen LogP) is 2.93. The third kappa shape index (κ3) is 2.56. The fourth-order valence-electron chi connectivity index (χ4n) is 2.25. The average molecular weight is 303 g/mol. The third-order valence-corrected chi connectivity index (χ3v) is 3.64. The molecule has 0 radical (unpaired) electrons. The lowest BCUT2D eigenvalue weighted by Crippen LogP contribution is -2.07. The molecule has 0 fully saturated rings. The van der Waals surface area contributed by atoms with Crippen LogP contribution in [0.25, 0.3) is 11.2 Å². The normalized spacial score (nSPS) is 11.0. The summed E-state index contributed by atoms with van der Waals surface area (Å²) in [7, 11) is 1.60. The first-order chi connectivity index (χ1) is 10.2. The molecular weight excluding hydrogens is 288 g/mol. The molecule has 0 saturated carbocycles. The molecule has 0 bridgehead atoms. The third-order valence-electron chi connectivity index (χ3n) is 3.40. The largest absolute Gasteiger partial charge is 0.481 e. The van der Waals surface area contributed by atoms with Crippen molar-refractivity contribution < 1.29 is 4.74 Å². The Morgan fingerprint density at radius 1 is 1.24 bits per heavy atom. The van der Waals surface area contributed by atoms with Crippen molar-refractivity contribution in [3.8, 4) is 5.88 Å². The highest BCUT2D eigenvalue weighted by Gasteiger charge is 2.14. The number of hydrogen-bond acceptors (Lipinski definition) is 4. The van der Waals surface area contributed by atoms with E-state index in [2.05, 4.69) is 15.0 Å². The summed E-state index contributed by atoms with van der Waals surface area (Å²) in [6.07, 6.45) is 1.79. The molecule has 6 heteroatoms. The highest BCUT2D eigenvalue weighted by Crippen LogP contribution is 2.20. The lowest BCUT2D eigenvalue weighted by molar-refractivity contribution is 0.399. The number of rotatable bonds is 4. The van der Waals surface area contributed by atoms with Crippen LogP contribution in [0.2, 0.25) is 0 Å². The topological polar surface area (TPSA) is 52.8 Å². The Morgan fingerprint density at radius 2 is 2.10 bits per heavy atom. The van der Waals surface area contributed by atoms with E-state index in [1.165, 1.54) is 0 Å². The van der Waals surface area contributed by atoms with Crippen LogP contribution in [0.1, 0.15) is 17.1 Å². The molecule has 0 aliphatic heterocycles. The smallest absolute Gasteiger partial charge is 0.215 e. The molecule has 3 aromatic rings. The van der Waals surface area contributed by atoms with Gasteiger partial charge in [-0.05, 0) is 24.6 Å². The maximum absolute atomic E-state index is 6.02. The molecule has 0 saturated heterocycles. The van der Waals surface area contributed by atoms with Gasteiger partial charge in [0.2, 0.25) is 5.88 Å². The molecule has 0 amide bonds. The van der Waals surface area contributed by atoms with Crippen LogP contribution >= 0.6 is 11.6 Å². The number of aryl methyl sites for hydroxylation is 1. The van der Waals surface area contributed by atoms with Crippen LogP contribution in [-0.2, 0) is 12.4 Å². The fourth-order valence-corrected chi connectivity index (χ4v) is 2.45. The summed E-state index contributed by atoms with van der Waals surface area (Å²) in [5.41, 5.74) is 3.67. The molecule has 0 aromatic carbocycles. The van der Waals surface area contributed by atoms with E-state index in [1.54, 1.807) is 19.4 Å². The number of pyridine rings is 2. The van der Waals surface area contributed by atoms with Gasteiger partial charge in [-0.3, -0.25) is 4.98 Å². The molecule has 0 spiro atoms. The summed E-state index contributed by atoms with van der Waals surface area (Å²) in [4.78, 5) is 13.4. The Hall–Kier alpha value is -2.14. The Kier molecular flexibility index (Phi) is 3.75. The first kappa shape index (κ1) is 13.8. The van der Waals surface area contributed by atoms with Gasteiger partial charge in [-0.2, -0.15) is 4.98 Å². The number of nitrogens with zero attached hydrogens (tertiary/aromatic N) is 4. The van der Waals surface area contributed by atoms with Crippen molar-refractivity contribution in [2.45, 2.75) is 19.3 Å². The van der Waals surface area contributed by atoms with Gasteiger partial charge in [0.05, 0.1) is 25.2 Å². The highest BCUT2D eigenvalue weighted by molar-refractivity contribution is 6.16. The molecule has 3 heterocycles. The van der Waals surface area contributed by atoms with Crippen molar-refractivity contribution in [2.75, 3.05) is 7.11 Å². The summed E-state index contributed by atoms with van der Waals surface area (Å²) >= 11 is 6.02. The van der Waals surface area contributed by atoms with Gasteiger partial charge in [0.25, 0.3) is 0 Å². The Bertz CT molecular complexity index is 784. The number of methoxy groups -OCH3 is 1. The standard InChI is InChI=1S/C15H15ClN4O/c1-10-4-3-7-17-12(10)9-20-13(8-16)18-11-5-6-14(21-2)19-15(11)20/h3-7H,8-9H2,1-2H3. The van der Waals surface area contributed by atoms with Crippen molar-refractivity contribution in [2.24, 2.45) is 0 Å². The zero-order valence-electron chi connectivity index (χ0n) is 11.9. The lowest BCUT2D eigenvalue weighted by atomic mass is 10.2. The molecule has 0 aliphatic carbocycles. The van der Waals surface area contributed by atoms with Gasteiger partial charge in [-0.1, -0.05) is 6.07 Å². The zero-order chi connectivity index (χ0) is 14.8. The minimum Gasteiger partial charge on any atom is -0.481 e. The molecule has 0 atom stereocenters. The number of aromatic nitrogens is 4. The summed E-state index contributed by atoms with van der Waals surface area (Å²) < 4.78 is 7.18. The summed E-state index contributed by atoms with van der Waals surface area (Å²) in [6.45, 7) is 2.63. The Balaban J connectivity index is 2.13. The molecule has 0 unspecified atom stereocenters. The summed E-state index contributed by atoms with van der Waals surface area (Å²) in [5.74, 6) is 1.66. The van der Waals surface area contributed by atoms with Gasteiger partial charge in [0.1, 0.15) is 11.3 Å². The lowest BCUT2D eigenvalue weighted by Gasteiger charge is -2.09. The van der Waals surface area contributed by atoms with E-state index < -0.39 is 0 Å². The van der Waals surface area contributed by atoms with Gasteiger partial charge < -0.3 is 9.30 Å². The quantitative estimate of drug-likeness (QED) is 0.695. The van der Waals surface area contributed by atoms with Crippen LogP contribution in [0, 0.1) is 6.92 Å². The molecule has 5 nitrogen and oxygen atoms in total. The van der Waals surface area contributed by atoms with E-state index in [9.17, 15) is 0 Å². The molecule has 3 aromatic heterocycles. The molecular formula is C15H15ClN4O. The summed E-state index contributed by atoms with van der Waals surface area (Å²) in [6, 6.07) is 7.65. The van der Waals surface area contributed by atoms with Crippen LogP contribution < -0.4 is 4.74 Å². The minimum absolute atomic E-state index is 0.324. The first-order valence-electron chi connectivity index (χ1n) is 6.59.